The van der Waals surface area contributed by atoms with E-state index in [1.54, 1.807) is 11.1 Å². The zero-order chi connectivity index (χ0) is 22.1. The van der Waals surface area contributed by atoms with Crippen LogP contribution in [0, 0.1) is 24.2 Å². The Hall–Kier alpha value is -1.16. The Labute approximate surface area is 188 Å². The number of nitrogens with zero attached hydrogens (tertiary/aromatic N) is 1. The molecule has 1 saturated heterocycles. The number of aliphatic hydroxyl groups is 2. The van der Waals surface area contributed by atoms with Crippen LogP contribution in [0.4, 0.5) is 0 Å². The molecule has 1 saturated carbocycles. The minimum absolute atomic E-state index is 0.143. The first-order valence-electron chi connectivity index (χ1n) is 12.6. The van der Waals surface area contributed by atoms with Crippen LogP contribution in [0.25, 0.3) is 0 Å². The second kappa shape index (κ2) is 7.71. The Kier molecular flexibility index (Phi) is 5.39. The number of likely N-dealkylation sites (tertiary alicyclic amines) is 1. The molecule has 1 aromatic rings. The van der Waals surface area contributed by atoms with Crippen molar-refractivity contribution in [3.63, 3.8) is 0 Å². The van der Waals surface area contributed by atoms with Crippen molar-refractivity contribution in [2.45, 2.75) is 96.3 Å². The Morgan fingerprint density at radius 1 is 1.19 bits per heavy atom. The first-order valence-corrected chi connectivity index (χ1v) is 12.6. The van der Waals surface area contributed by atoms with Crippen LogP contribution >= 0.6 is 0 Å². The van der Waals surface area contributed by atoms with E-state index >= 15 is 0 Å². The van der Waals surface area contributed by atoms with Crippen molar-refractivity contribution in [2.75, 3.05) is 13.6 Å². The Balaban J connectivity index is 1.45. The molecule has 0 radical (unpaired) electrons. The molecule has 4 aliphatic rings. The van der Waals surface area contributed by atoms with E-state index in [2.05, 4.69) is 57.9 Å². The third-order valence-corrected chi connectivity index (χ3v) is 9.76. The van der Waals surface area contributed by atoms with Crippen LogP contribution < -0.4 is 0 Å². The van der Waals surface area contributed by atoms with Crippen molar-refractivity contribution < 1.29 is 10.2 Å². The normalized spacial score (nSPS) is 41.2. The SMILES string of the molecule is Cc1c(C(C)C2C(O)CC(C)CN2C)ccc2c1CC1C2CC=C2CC(O)CCC21C. The van der Waals surface area contributed by atoms with Gasteiger partial charge in [0.05, 0.1) is 12.2 Å². The summed E-state index contributed by atoms with van der Waals surface area (Å²) in [6, 6.07) is 5.00. The molecule has 0 aromatic heterocycles. The molecule has 0 spiro atoms. The number of aliphatic hydroxyl groups excluding tert-OH is 2. The highest BCUT2D eigenvalue weighted by molar-refractivity contribution is 5.50. The highest BCUT2D eigenvalue weighted by atomic mass is 16.3. The summed E-state index contributed by atoms with van der Waals surface area (Å²) in [4.78, 5) is 2.39. The van der Waals surface area contributed by atoms with Gasteiger partial charge in [-0.1, -0.05) is 44.6 Å². The monoisotopic (exact) mass is 423 g/mol. The fraction of sp³-hybridized carbons (Fsp3) is 0.714. The lowest BCUT2D eigenvalue weighted by Gasteiger charge is -2.48. The fourth-order valence-electron chi connectivity index (χ4n) is 8.10. The molecule has 2 fully saturated rings. The molecule has 31 heavy (non-hydrogen) atoms. The number of hydrogen-bond acceptors (Lipinski definition) is 3. The number of fused-ring (bicyclic) bond motifs is 5. The first-order chi connectivity index (χ1) is 14.7. The van der Waals surface area contributed by atoms with Crippen LogP contribution in [0.15, 0.2) is 23.8 Å². The third-order valence-electron chi connectivity index (χ3n) is 9.76. The van der Waals surface area contributed by atoms with Crippen LogP contribution in [0.3, 0.4) is 0 Å². The second-order valence-electron chi connectivity index (χ2n) is 11.7. The van der Waals surface area contributed by atoms with Gasteiger partial charge in [-0.3, -0.25) is 4.90 Å². The third kappa shape index (κ3) is 3.34. The summed E-state index contributed by atoms with van der Waals surface area (Å²) in [5.41, 5.74) is 7.83. The van der Waals surface area contributed by atoms with Gasteiger partial charge >= 0.3 is 0 Å². The van der Waals surface area contributed by atoms with Crippen molar-refractivity contribution >= 4 is 0 Å². The summed E-state index contributed by atoms with van der Waals surface area (Å²) in [6.45, 7) is 10.4. The molecule has 1 heterocycles. The number of piperidine rings is 1. The average molecular weight is 424 g/mol. The zero-order valence-corrected chi connectivity index (χ0v) is 20.1. The molecule has 5 rings (SSSR count). The van der Waals surface area contributed by atoms with E-state index in [-0.39, 0.29) is 23.7 Å². The van der Waals surface area contributed by atoms with Crippen molar-refractivity contribution in [1.82, 2.24) is 4.90 Å². The van der Waals surface area contributed by atoms with Crippen molar-refractivity contribution in [1.29, 1.82) is 0 Å². The van der Waals surface area contributed by atoms with Crippen LogP contribution in [0.1, 0.15) is 87.0 Å². The lowest BCUT2D eigenvalue weighted by atomic mass is 9.57. The van der Waals surface area contributed by atoms with E-state index in [0.29, 0.717) is 23.7 Å². The second-order valence-corrected chi connectivity index (χ2v) is 11.7. The molecular formula is C28H41NO2. The molecular weight excluding hydrogens is 382 g/mol. The van der Waals surface area contributed by atoms with Gasteiger partial charge in [-0.25, -0.2) is 0 Å². The number of rotatable bonds is 2. The molecule has 8 atom stereocenters. The number of likely N-dealkylation sites (N-methyl/N-ethyl adjacent to an activating group) is 1. The number of hydrogen-bond donors (Lipinski definition) is 2. The zero-order valence-electron chi connectivity index (χ0n) is 20.1. The van der Waals surface area contributed by atoms with Crippen molar-refractivity contribution in [3.05, 3.63) is 46.0 Å². The Bertz CT molecular complexity index is 879. The predicted octanol–water partition coefficient (Wildman–Crippen LogP) is 4.94. The number of benzene rings is 1. The highest BCUT2D eigenvalue weighted by Crippen LogP contribution is 2.60. The van der Waals surface area contributed by atoms with Crippen molar-refractivity contribution in [3.8, 4) is 0 Å². The van der Waals surface area contributed by atoms with E-state index in [1.165, 1.54) is 23.1 Å². The minimum atomic E-state index is -0.252. The summed E-state index contributed by atoms with van der Waals surface area (Å²) in [5.74, 6) is 2.19. The minimum Gasteiger partial charge on any atom is -0.393 e. The smallest absolute Gasteiger partial charge is 0.0704 e. The maximum Gasteiger partial charge on any atom is 0.0704 e. The van der Waals surface area contributed by atoms with E-state index in [9.17, 15) is 10.2 Å². The molecule has 3 nitrogen and oxygen atoms in total. The van der Waals surface area contributed by atoms with E-state index in [1.807, 2.05) is 0 Å². The first kappa shape index (κ1) is 21.7. The lowest BCUT2D eigenvalue weighted by Crippen LogP contribution is -2.51. The average Bonchev–Trinajstić information content (AvgIpc) is 3.09. The van der Waals surface area contributed by atoms with Gasteiger partial charge in [0.15, 0.2) is 0 Å². The van der Waals surface area contributed by atoms with Crippen LogP contribution in [-0.4, -0.2) is 47.0 Å². The van der Waals surface area contributed by atoms with Gasteiger partial charge in [0.2, 0.25) is 0 Å². The standard InChI is InChI=1S/C28H41NO2/c1-16-12-26(31)27(29(5)15-16)18(3)21-8-9-22-23-7-6-19-13-20(30)10-11-28(19,4)25(23)14-24(22)17(21)2/h6,8-9,16,18,20,23,25-27,30-31H,7,10-15H2,1-5H3. The van der Waals surface area contributed by atoms with Gasteiger partial charge in [-0.15, -0.1) is 0 Å². The van der Waals surface area contributed by atoms with Gasteiger partial charge in [-0.05, 0) is 104 Å². The summed E-state index contributed by atoms with van der Waals surface area (Å²) >= 11 is 0. The largest absolute Gasteiger partial charge is 0.393 e. The van der Waals surface area contributed by atoms with Crippen LogP contribution in [0.5, 0.6) is 0 Å². The topological polar surface area (TPSA) is 43.7 Å². The summed E-state index contributed by atoms with van der Waals surface area (Å²) < 4.78 is 0. The molecule has 3 heteroatoms. The summed E-state index contributed by atoms with van der Waals surface area (Å²) in [7, 11) is 2.18. The molecule has 1 aromatic carbocycles. The van der Waals surface area contributed by atoms with Crippen LogP contribution in [-0.2, 0) is 6.42 Å². The number of allylic oxidation sites excluding steroid dienone is 1. The van der Waals surface area contributed by atoms with Gasteiger partial charge in [0.25, 0.3) is 0 Å². The fourth-order valence-corrected chi connectivity index (χ4v) is 8.10. The summed E-state index contributed by atoms with van der Waals surface area (Å²) in [5, 5.41) is 21.1. The summed E-state index contributed by atoms with van der Waals surface area (Å²) in [6.07, 6.45) is 8.23. The highest BCUT2D eigenvalue weighted by Gasteiger charge is 2.50. The maximum absolute atomic E-state index is 10.9. The van der Waals surface area contributed by atoms with Gasteiger partial charge in [0.1, 0.15) is 0 Å². The molecule has 0 bridgehead atoms. The van der Waals surface area contributed by atoms with Crippen LogP contribution in [0.2, 0.25) is 0 Å². The quantitative estimate of drug-likeness (QED) is 0.663. The predicted molar refractivity (Wildman–Crippen MR) is 126 cm³/mol. The Morgan fingerprint density at radius 3 is 2.71 bits per heavy atom. The Morgan fingerprint density at radius 2 is 1.97 bits per heavy atom. The molecule has 0 amide bonds. The molecule has 8 unspecified atom stereocenters. The maximum atomic E-state index is 10.9. The molecule has 1 aliphatic heterocycles. The molecule has 170 valence electrons. The van der Waals surface area contributed by atoms with E-state index in [0.717, 1.165) is 38.6 Å². The lowest BCUT2D eigenvalue weighted by molar-refractivity contribution is -0.00763. The molecule has 3 aliphatic carbocycles. The van der Waals surface area contributed by atoms with E-state index < -0.39 is 0 Å². The van der Waals surface area contributed by atoms with E-state index in [4.69, 9.17) is 0 Å². The van der Waals surface area contributed by atoms with Gasteiger partial charge in [-0.2, -0.15) is 0 Å². The van der Waals surface area contributed by atoms with Crippen molar-refractivity contribution in [2.24, 2.45) is 17.3 Å². The van der Waals surface area contributed by atoms with Gasteiger partial charge in [0, 0.05) is 12.6 Å². The molecule has 2 N–H and O–H groups in total. The van der Waals surface area contributed by atoms with Gasteiger partial charge < -0.3 is 10.2 Å².